The van der Waals surface area contributed by atoms with E-state index in [1.807, 2.05) is 24.3 Å². The van der Waals surface area contributed by atoms with Gasteiger partial charge < -0.3 is 11.1 Å². The number of nitrogens with zero attached hydrogens (tertiary/aromatic N) is 3. The molecule has 1 aromatic carbocycles. The van der Waals surface area contributed by atoms with Crippen molar-refractivity contribution < 1.29 is 17.6 Å². The lowest BCUT2D eigenvalue weighted by molar-refractivity contribution is -0.118. The van der Waals surface area contributed by atoms with E-state index in [9.17, 15) is 17.6 Å². The van der Waals surface area contributed by atoms with E-state index >= 15 is 0 Å². The minimum Gasteiger partial charge on any atom is -0.369 e. The Balaban J connectivity index is 1.66. The lowest BCUT2D eigenvalue weighted by Crippen LogP contribution is -2.33. The molecule has 1 atom stereocenters. The van der Waals surface area contributed by atoms with E-state index in [-0.39, 0.29) is 12.4 Å². The highest BCUT2D eigenvalue weighted by atomic mass is 32.2. The Morgan fingerprint density at radius 2 is 2.06 bits per heavy atom. The van der Waals surface area contributed by atoms with Crippen LogP contribution in [0.5, 0.6) is 0 Å². The van der Waals surface area contributed by atoms with Crippen molar-refractivity contribution in [2.45, 2.75) is 18.8 Å². The first-order chi connectivity index (χ1) is 17.2. The molecule has 2 aromatic heterocycles. The van der Waals surface area contributed by atoms with E-state index in [2.05, 4.69) is 10.3 Å². The summed E-state index contributed by atoms with van der Waals surface area (Å²) in [5, 5.41) is 3.30. The van der Waals surface area contributed by atoms with Crippen LogP contribution in [0.3, 0.4) is 0 Å². The Kier molecular flexibility index (Phi) is 7.76. The maximum Gasteiger partial charge on any atom is 0.229 e. The normalized spacial score (nSPS) is 15.2. The van der Waals surface area contributed by atoms with Crippen molar-refractivity contribution in [3.05, 3.63) is 95.2 Å². The quantitative estimate of drug-likeness (QED) is 0.458. The number of sulfonamides is 1. The molecule has 3 heterocycles. The summed E-state index contributed by atoms with van der Waals surface area (Å²) in [7, 11) is -3.27. The molecule has 0 radical (unpaired) electrons. The SMILES string of the molecule is CS(=O)(=O)N1CC=C(c2ccc(C(C(N)=O)c3cccnc3)c(NCCc3cccc(F)c3)n2)CC1. The molecule has 36 heavy (non-hydrogen) atoms. The molecule has 0 aliphatic carbocycles. The Morgan fingerprint density at radius 1 is 1.22 bits per heavy atom. The second-order valence-corrected chi connectivity index (χ2v) is 10.6. The van der Waals surface area contributed by atoms with Crippen LogP contribution in [0.4, 0.5) is 10.2 Å². The third-order valence-corrected chi connectivity index (χ3v) is 7.37. The second-order valence-electron chi connectivity index (χ2n) is 8.66. The highest BCUT2D eigenvalue weighted by molar-refractivity contribution is 7.88. The van der Waals surface area contributed by atoms with Gasteiger partial charge in [-0.25, -0.2) is 17.8 Å². The third-order valence-electron chi connectivity index (χ3n) is 6.10. The number of hydrogen-bond acceptors (Lipinski definition) is 6. The summed E-state index contributed by atoms with van der Waals surface area (Å²) >= 11 is 0. The molecule has 1 amide bonds. The summed E-state index contributed by atoms with van der Waals surface area (Å²) in [5.41, 5.74) is 9.50. The Bertz CT molecular complexity index is 1380. The number of carbonyl (C=O) groups is 1. The number of pyridine rings is 2. The van der Waals surface area contributed by atoms with Crippen LogP contribution in [-0.2, 0) is 21.2 Å². The maximum atomic E-state index is 13.6. The second kappa shape index (κ2) is 11.0. The van der Waals surface area contributed by atoms with Gasteiger partial charge in [-0.2, -0.15) is 4.31 Å². The first-order valence-electron chi connectivity index (χ1n) is 11.6. The molecule has 8 nitrogen and oxygen atoms in total. The van der Waals surface area contributed by atoms with E-state index in [4.69, 9.17) is 10.7 Å². The standard InChI is InChI=1S/C26H28FN5O3S/c1-36(34,35)32-14-10-19(11-15-32)23-8-7-22(24(25(28)33)20-5-3-12-29-17-20)26(31-23)30-13-9-18-4-2-6-21(27)16-18/h2-8,10,12,16-17,24H,9,11,13-15H2,1H3,(H2,28,33)(H,30,31). The predicted octanol–water partition coefficient (Wildman–Crippen LogP) is 2.94. The molecule has 0 saturated heterocycles. The van der Waals surface area contributed by atoms with Gasteiger partial charge in [0.05, 0.1) is 17.9 Å². The van der Waals surface area contributed by atoms with Gasteiger partial charge in [0, 0.05) is 37.6 Å². The number of nitrogens with two attached hydrogens (primary N) is 1. The van der Waals surface area contributed by atoms with E-state index in [1.165, 1.54) is 22.7 Å². The van der Waals surface area contributed by atoms with E-state index in [0.29, 0.717) is 48.6 Å². The Morgan fingerprint density at radius 3 is 2.69 bits per heavy atom. The smallest absolute Gasteiger partial charge is 0.229 e. The first kappa shape index (κ1) is 25.5. The van der Waals surface area contributed by atoms with Crippen molar-refractivity contribution in [2.24, 2.45) is 5.73 Å². The zero-order valence-corrected chi connectivity index (χ0v) is 20.7. The van der Waals surface area contributed by atoms with Gasteiger partial charge in [-0.15, -0.1) is 0 Å². The van der Waals surface area contributed by atoms with Gasteiger partial charge >= 0.3 is 0 Å². The van der Waals surface area contributed by atoms with Crippen molar-refractivity contribution in [1.29, 1.82) is 0 Å². The fourth-order valence-electron chi connectivity index (χ4n) is 4.27. The number of primary amides is 1. The molecule has 10 heteroatoms. The number of hydrogen-bond donors (Lipinski definition) is 2. The molecule has 0 spiro atoms. The Hall–Kier alpha value is -3.63. The first-order valence-corrected chi connectivity index (χ1v) is 13.4. The number of nitrogens with one attached hydrogen (secondary N) is 1. The van der Waals surface area contributed by atoms with E-state index in [0.717, 1.165) is 11.1 Å². The van der Waals surface area contributed by atoms with Crippen molar-refractivity contribution in [3.8, 4) is 0 Å². The van der Waals surface area contributed by atoms with Gasteiger partial charge in [0.1, 0.15) is 11.6 Å². The van der Waals surface area contributed by atoms with Crippen LogP contribution >= 0.6 is 0 Å². The maximum absolute atomic E-state index is 13.6. The van der Waals surface area contributed by atoms with Crippen LogP contribution < -0.4 is 11.1 Å². The summed E-state index contributed by atoms with van der Waals surface area (Å²) in [6, 6.07) is 13.6. The van der Waals surface area contributed by atoms with Gasteiger partial charge in [-0.3, -0.25) is 9.78 Å². The van der Waals surface area contributed by atoms with Crippen LogP contribution in [0.15, 0.2) is 67.0 Å². The predicted molar refractivity (Wildman–Crippen MR) is 137 cm³/mol. The van der Waals surface area contributed by atoms with Crippen molar-refractivity contribution in [2.75, 3.05) is 31.2 Å². The number of aromatic nitrogens is 2. The number of rotatable bonds is 9. The molecular formula is C26H28FN5O3S. The lowest BCUT2D eigenvalue weighted by atomic mass is 9.91. The van der Waals surface area contributed by atoms with Crippen LogP contribution in [0.2, 0.25) is 0 Å². The van der Waals surface area contributed by atoms with Gasteiger partial charge in [-0.05, 0) is 53.8 Å². The molecular weight excluding hydrogens is 481 g/mol. The van der Waals surface area contributed by atoms with Gasteiger partial charge in [0.15, 0.2) is 0 Å². The average Bonchev–Trinajstić information content (AvgIpc) is 2.85. The summed E-state index contributed by atoms with van der Waals surface area (Å²) in [6.07, 6.45) is 7.34. The number of anilines is 1. The lowest BCUT2D eigenvalue weighted by Gasteiger charge is -2.25. The minimum atomic E-state index is -3.27. The molecule has 3 N–H and O–H groups in total. The van der Waals surface area contributed by atoms with Gasteiger partial charge in [0.2, 0.25) is 15.9 Å². The van der Waals surface area contributed by atoms with Crippen molar-refractivity contribution >= 4 is 27.3 Å². The molecule has 0 bridgehead atoms. The van der Waals surface area contributed by atoms with Crippen LogP contribution in [0.1, 0.15) is 34.7 Å². The van der Waals surface area contributed by atoms with Crippen molar-refractivity contribution in [1.82, 2.24) is 14.3 Å². The van der Waals surface area contributed by atoms with Crippen molar-refractivity contribution in [3.63, 3.8) is 0 Å². The summed E-state index contributed by atoms with van der Waals surface area (Å²) in [6.45, 7) is 1.10. The molecule has 188 valence electrons. The summed E-state index contributed by atoms with van der Waals surface area (Å²) < 4.78 is 38.7. The largest absolute Gasteiger partial charge is 0.369 e. The molecule has 1 unspecified atom stereocenters. The minimum absolute atomic E-state index is 0.277. The molecule has 3 aromatic rings. The van der Waals surface area contributed by atoms with Crippen LogP contribution in [0, 0.1) is 5.82 Å². The molecule has 0 fully saturated rings. The van der Waals surface area contributed by atoms with Crippen LogP contribution in [0.25, 0.3) is 5.57 Å². The Labute approximate surface area is 210 Å². The van der Waals surface area contributed by atoms with E-state index < -0.39 is 21.8 Å². The average molecular weight is 510 g/mol. The number of amides is 1. The monoisotopic (exact) mass is 509 g/mol. The summed E-state index contributed by atoms with van der Waals surface area (Å²) in [4.78, 5) is 21.5. The topological polar surface area (TPSA) is 118 Å². The zero-order valence-electron chi connectivity index (χ0n) is 19.9. The molecule has 1 aliphatic heterocycles. The highest BCUT2D eigenvalue weighted by Gasteiger charge is 2.26. The molecule has 1 aliphatic rings. The van der Waals surface area contributed by atoms with Gasteiger partial charge in [0.25, 0.3) is 0 Å². The summed E-state index contributed by atoms with van der Waals surface area (Å²) in [5.74, 6) is -1.11. The number of halogens is 1. The highest BCUT2D eigenvalue weighted by Crippen LogP contribution is 2.32. The molecule has 0 saturated carbocycles. The fraction of sp³-hybridized carbons (Fsp3) is 0.269. The molecule has 4 rings (SSSR count). The van der Waals surface area contributed by atoms with E-state index in [1.54, 1.807) is 30.6 Å². The fourth-order valence-corrected chi connectivity index (χ4v) is 5.04. The third kappa shape index (κ3) is 6.13. The number of carbonyl (C=O) groups excluding carboxylic acids is 1. The number of benzene rings is 1. The van der Waals surface area contributed by atoms with Gasteiger partial charge in [-0.1, -0.05) is 30.3 Å². The van der Waals surface area contributed by atoms with Crippen LogP contribution in [-0.4, -0.2) is 54.5 Å². The zero-order chi connectivity index (χ0) is 25.7.